The zero-order valence-electron chi connectivity index (χ0n) is 16.7. The largest absolute Gasteiger partial charge is 0.489 e. The quantitative estimate of drug-likeness (QED) is 0.362. The van der Waals surface area contributed by atoms with Crippen molar-refractivity contribution in [3.05, 3.63) is 101 Å². The molecule has 0 bridgehead atoms. The van der Waals surface area contributed by atoms with Crippen LogP contribution in [0.1, 0.15) is 22.3 Å². The Bertz CT molecular complexity index is 1020. The molecule has 0 aliphatic heterocycles. The van der Waals surface area contributed by atoms with Crippen LogP contribution in [0.15, 0.2) is 84.0 Å². The molecule has 0 saturated heterocycles. The monoisotopic (exact) mass is 401 g/mol. The van der Waals surface area contributed by atoms with Crippen LogP contribution < -0.4 is 15.5 Å². The Hall–Kier alpha value is -3.93. The fourth-order valence-electron chi connectivity index (χ4n) is 2.61. The van der Waals surface area contributed by atoms with Gasteiger partial charge in [-0.1, -0.05) is 72.3 Å². The van der Waals surface area contributed by atoms with Crippen molar-refractivity contribution >= 4 is 18.0 Å². The van der Waals surface area contributed by atoms with Crippen molar-refractivity contribution in [1.82, 2.24) is 10.7 Å². The number of rotatable bonds is 7. The molecule has 0 fully saturated rings. The molecule has 0 aromatic heterocycles. The summed E-state index contributed by atoms with van der Waals surface area (Å²) in [6.07, 6.45) is 1.46. The van der Waals surface area contributed by atoms with Crippen LogP contribution in [0.4, 0.5) is 0 Å². The fraction of sp³-hybridized carbons (Fsp3) is 0.125. The lowest BCUT2D eigenvalue weighted by atomic mass is 10.2. The first kappa shape index (κ1) is 20.8. The maximum atomic E-state index is 11.8. The number of hydrogen-bond donors (Lipinski definition) is 2. The van der Waals surface area contributed by atoms with Crippen molar-refractivity contribution in [3.63, 3.8) is 0 Å². The zero-order chi connectivity index (χ0) is 21.2. The van der Waals surface area contributed by atoms with E-state index in [4.69, 9.17) is 4.74 Å². The Morgan fingerprint density at radius 1 is 0.900 bits per heavy atom. The number of nitrogens with one attached hydrogen (secondary N) is 2. The molecule has 0 heterocycles. The Kier molecular flexibility index (Phi) is 7.33. The van der Waals surface area contributed by atoms with Crippen LogP contribution in [0.25, 0.3) is 0 Å². The highest BCUT2D eigenvalue weighted by Crippen LogP contribution is 2.14. The second-order valence-corrected chi connectivity index (χ2v) is 6.71. The molecule has 0 aliphatic rings. The van der Waals surface area contributed by atoms with Gasteiger partial charge in [-0.15, -0.1) is 0 Å². The van der Waals surface area contributed by atoms with Crippen molar-refractivity contribution < 1.29 is 14.3 Å². The van der Waals surface area contributed by atoms with Crippen LogP contribution in [0.5, 0.6) is 5.75 Å². The molecule has 6 nitrogen and oxygen atoms in total. The van der Waals surface area contributed by atoms with E-state index in [1.54, 1.807) is 6.07 Å². The van der Waals surface area contributed by atoms with Gasteiger partial charge < -0.3 is 10.1 Å². The molecule has 2 N–H and O–H groups in total. The SMILES string of the molecule is Cc1ccc(COc2cccc(/C=N\NC(=O)C(=O)NCc3ccccc3)c2)cc1. The summed E-state index contributed by atoms with van der Waals surface area (Å²) in [5, 5.41) is 6.39. The smallest absolute Gasteiger partial charge is 0.329 e. The molecule has 0 aliphatic carbocycles. The lowest BCUT2D eigenvalue weighted by Gasteiger charge is -2.07. The third-order valence-electron chi connectivity index (χ3n) is 4.27. The number of nitrogens with zero attached hydrogens (tertiary/aromatic N) is 1. The lowest BCUT2D eigenvalue weighted by molar-refractivity contribution is -0.139. The number of benzene rings is 3. The van der Waals surface area contributed by atoms with Crippen LogP contribution in [0, 0.1) is 6.92 Å². The number of carbonyl (C=O) groups excluding carboxylic acids is 2. The summed E-state index contributed by atoms with van der Waals surface area (Å²) in [5.41, 5.74) is 6.15. The predicted octanol–water partition coefficient (Wildman–Crippen LogP) is 3.34. The van der Waals surface area contributed by atoms with E-state index < -0.39 is 11.8 Å². The zero-order valence-corrected chi connectivity index (χ0v) is 16.7. The summed E-state index contributed by atoms with van der Waals surface area (Å²) < 4.78 is 5.80. The van der Waals surface area contributed by atoms with E-state index in [0.717, 1.165) is 16.7 Å². The van der Waals surface area contributed by atoms with Crippen LogP contribution in [-0.4, -0.2) is 18.0 Å². The van der Waals surface area contributed by atoms with E-state index in [0.29, 0.717) is 12.4 Å². The average Bonchev–Trinajstić information content (AvgIpc) is 2.78. The summed E-state index contributed by atoms with van der Waals surface area (Å²) in [5.74, 6) is -0.883. The Morgan fingerprint density at radius 2 is 1.67 bits per heavy atom. The summed E-state index contributed by atoms with van der Waals surface area (Å²) in [4.78, 5) is 23.7. The highest BCUT2D eigenvalue weighted by molar-refractivity contribution is 6.35. The van der Waals surface area contributed by atoms with Gasteiger partial charge in [-0.25, -0.2) is 5.43 Å². The summed E-state index contributed by atoms with van der Waals surface area (Å²) in [7, 11) is 0. The average molecular weight is 401 g/mol. The van der Waals surface area contributed by atoms with E-state index >= 15 is 0 Å². The number of hydrazone groups is 1. The van der Waals surface area contributed by atoms with Gasteiger partial charge in [-0.05, 0) is 35.7 Å². The van der Waals surface area contributed by atoms with Gasteiger partial charge >= 0.3 is 11.8 Å². The standard InChI is InChI=1S/C24H23N3O3/c1-18-10-12-20(13-11-18)17-30-22-9-5-8-21(14-22)16-26-27-24(29)23(28)25-15-19-6-3-2-4-7-19/h2-14,16H,15,17H2,1H3,(H,25,28)(H,27,29)/b26-16-. The molecular formula is C24H23N3O3. The van der Waals surface area contributed by atoms with Crippen molar-refractivity contribution in [1.29, 1.82) is 0 Å². The van der Waals surface area contributed by atoms with Gasteiger partial charge in [0.25, 0.3) is 0 Å². The van der Waals surface area contributed by atoms with E-state index in [-0.39, 0.29) is 6.54 Å². The topological polar surface area (TPSA) is 79.8 Å². The molecule has 3 rings (SSSR count). The first-order chi connectivity index (χ1) is 14.6. The number of amides is 2. The first-order valence-electron chi connectivity index (χ1n) is 9.54. The van der Waals surface area contributed by atoms with Gasteiger partial charge in [-0.2, -0.15) is 5.10 Å². The van der Waals surface area contributed by atoms with Crippen LogP contribution >= 0.6 is 0 Å². The molecule has 30 heavy (non-hydrogen) atoms. The second-order valence-electron chi connectivity index (χ2n) is 6.71. The van der Waals surface area contributed by atoms with E-state index in [1.165, 1.54) is 11.8 Å². The molecule has 0 atom stereocenters. The third-order valence-corrected chi connectivity index (χ3v) is 4.27. The predicted molar refractivity (Wildman–Crippen MR) is 116 cm³/mol. The lowest BCUT2D eigenvalue weighted by Crippen LogP contribution is -2.37. The van der Waals surface area contributed by atoms with E-state index in [1.807, 2.05) is 79.7 Å². The molecule has 0 radical (unpaired) electrons. The number of ether oxygens (including phenoxy) is 1. The van der Waals surface area contributed by atoms with Crippen LogP contribution in [0.2, 0.25) is 0 Å². The van der Waals surface area contributed by atoms with Gasteiger partial charge in [0.05, 0.1) is 6.21 Å². The first-order valence-corrected chi connectivity index (χ1v) is 9.54. The van der Waals surface area contributed by atoms with E-state index in [9.17, 15) is 9.59 Å². The minimum Gasteiger partial charge on any atom is -0.489 e. The number of aryl methyl sites for hydroxylation is 1. The summed E-state index contributed by atoms with van der Waals surface area (Å²) in [6, 6.07) is 24.8. The number of carbonyl (C=O) groups is 2. The molecule has 0 unspecified atom stereocenters. The highest BCUT2D eigenvalue weighted by Gasteiger charge is 2.11. The molecule has 2 amide bonds. The van der Waals surface area contributed by atoms with Gasteiger partial charge in [0, 0.05) is 6.54 Å². The van der Waals surface area contributed by atoms with Crippen molar-refractivity contribution in [2.45, 2.75) is 20.1 Å². The molecule has 3 aromatic carbocycles. The van der Waals surface area contributed by atoms with Crippen molar-refractivity contribution in [2.75, 3.05) is 0 Å². The maximum absolute atomic E-state index is 11.8. The van der Waals surface area contributed by atoms with Crippen molar-refractivity contribution in [3.8, 4) is 5.75 Å². The second kappa shape index (κ2) is 10.6. The molecule has 0 spiro atoms. The minimum atomic E-state index is -0.825. The Morgan fingerprint density at radius 3 is 2.43 bits per heavy atom. The van der Waals surface area contributed by atoms with Gasteiger partial charge in [0.2, 0.25) is 0 Å². The fourth-order valence-corrected chi connectivity index (χ4v) is 2.61. The van der Waals surface area contributed by atoms with Crippen LogP contribution in [0.3, 0.4) is 0 Å². The summed E-state index contributed by atoms with van der Waals surface area (Å²) in [6.45, 7) is 2.77. The molecule has 152 valence electrons. The van der Waals surface area contributed by atoms with E-state index in [2.05, 4.69) is 15.8 Å². The molecular weight excluding hydrogens is 378 g/mol. The maximum Gasteiger partial charge on any atom is 0.329 e. The molecule has 6 heteroatoms. The normalized spacial score (nSPS) is 10.6. The minimum absolute atomic E-state index is 0.275. The summed E-state index contributed by atoms with van der Waals surface area (Å²) >= 11 is 0. The molecule has 0 saturated carbocycles. The van der Waals surface area contributed by atoms with Gasteiger partial charge in [0.15, 0.2) is 0 Å². The Labute approximate surface area is 175 Å². The Balaban J connectivity index is 1.47. The van der Waals surface area contributed by atoms with Crippen LogP contribution in [-0.2, 0) is 22.7 Å². The van der Waals surface area contributed by atoms with Gasteiger partial charge in [0.1, 0.15) is 12.4 Å². The third kappa shape index (κ3) is 6.60. The molecule has 3 aromatic rings. The highest BCUT2D eigenvalue weighted by atomic mass is 16.5. The van der Waals surface area contributed by atoms with Gasteiger partial charge in [-0.3, -0.25) is 9.59 Å². The van der Waals surface area contributed by atoms with Crippen molar-refractivity contribution in [2.24, 2.45) is 5.10 Å². The number of hydrogen-bond acceptors (Lipinski definition) is 4.